The minimum Gasteiger partial charge on any atom is -0.365 e. The molecule has 0 aliphatic rings. The van der Waals surface area contributed by atoms with Gasteiger partial charge in [0.05, 0.1) is 5.52 Å². The molecule has 3 rings (SSSR count). The molecule has 0 saturated heterocycles. The predicted octanol–water partition coefficient (Wildman–Crippen LogP) is 5.16. The Morgan fingerprint density at radius 2 is 1.79 bits per heavy atom. The van der Waals surface area contributed by atoms with Crippen LogP contribution in [0.15, 0.2) is 46.9 Å². The van der Waals surface area contributed by atoms with Crippen molar-refractivity contribution < 1.29 is 17.6 Å². The van der Waals surface area contributed by atoms with Gasteiger partial charge in [0.2, 0.25) is 5.82 Å². The van der Waals surface area contributed by atoms with Crippen molar-refractivity contribution >= 4 is 32.7 Å². The summed E-state index contributed by atoms with van der Waals surface area (Å²) in [5, 5.41) is 3.18. The van der Waals surface area contributed by atoms with Gasteiger partial charge in [0.25, 0.3) is 0 Å². The largest absolute Gasteiger partial charge is 0.451 e. The second-order valence-electron chi connectivity index (χ2n) is 5.00. The molecule has 24 heavy (non-hydrogen) atoms. The molecule has 1 N–H and O–H groups in total. The zero-order valence-corrected chi connectivity index (χ0v) is 13.6. The average molecular weight is 400 g/mol. The molecule has 0 radical (unpaired) electrons. The highest BCUT2D eigenvalue weighted by Gasteiger charge is 2.35. The summed E-state index contributed by atoms with van der Waals surface area (Å²) in [6.07, 6.45) is -4.67. The van der Waals surface area contributed by atoms with E-state index in [4.69, 9.17) is 0 Å². The number of hydrogen-bond donors (Lipinski definition) is 1. The number of alkyl halides is 3. The van der Waals surface area contributed by atoms with Gasteiger partial charge in [-0.15, -0.1) is 0 Å². The van der Waals surface area contributed by atoms with E-state index in [-0.39, 0.29) is 17.9 Å². The van der Waals surface area contributed by atoms with Gasteiger partial charge in [-0.05, 0) is 24.3 Å². The topological polar surface area (TPSA) is 37.8 Å². The summed E-state index contributed by atoms with van der Waals surface area (Å²) in [6.45, 7) is 0.00258. The third kappa shape index (κ3) is 3.48. The Labute approximate surface area is 142 Å². The molecular formula is C16H10BrF4N3. The fraction of sp³-hybridized carbons (Fsp3) is 0.125. The first-order valence-corrected chi connectivity index (χ1v) is 7.65. The van der Waals surface area contributed by atoms with Crippen molar-refractivity contribution in [3.8, 4) is 0 Å². The van der Waals surface area contributed by atoms with Crippen LogP contribution in [0.4, 0.5) is 23.4 Å². The Balaban J connectivity index is 2.04. The fourth-order valence-electron chi connectivity index (χ4n) is 2.18. The summed E-state index contributed by atoms with van der Waals surface area (Å²) in [5.41, 5.74) is 0.476. The van der Waals surface area contributed by atoms with E-state index >= 15 is 0 Å². The lowest BCUT2D eigenvalue weighted by Crippen LogP contribution is -2.14. The number of nitrogens with zero attached hydrogens (tertiary/aromatic N) is 2. The Morgan fingerprint density at radius 3 is 2.50 bits per heavy atom. The van der Waals surface area contributed by atoms with Crippen molar-refractivity contribution in [2.75, 3.05) is 5.32 Å². The smallest absolute Gasteiger partial charge is 0.365 e. The minimum absolute atomic E-state index is 0.00258. The molecule has 8 heteroatoms. The normalized spacial score (nSPS) is 11.7. The van der Waals surface area contributed by atoms with E-state index in [0.717, 1.165) is 0 Å². The van der Waals surface area contributed by atoms with Crippen molar-refractivity contribution in [1.29, 1.82) is 0 Å². The number of benzene rings is 2. The molecule has 0 atom stereocenters. The maximum absolute atomic E-state index is 13.7. The summed E-state index contributed by atoms with van der Waals surface area (Å²) in [5.74, 6) is -1.69. The van der Waals surface area contributed by atoms with E-state index in [9.17, 15) is 17.6 Å². The van der Waals surface area contributed by atoms with Gasteiger partial charge in [0.15, 0.2) is 0 Å². The predicted molar refractivity (Wildman–Crippen MR) is 86.0 cm³/mol. The highest BCUT2D eigenvalue weighted by molar-refractivity contribution is 9.10. The highest BCUT2D eigenvalue weighted by atomic mass is 79.9. The van der Waals surface area contributed by atoms with Crippen molar-refractivity contribution in [2.24, 2.45) is 0 Å². The second kappa shape index (κ2) is 6.35. The van der Waals surface area contributed by atoms with Gasteiger partial charge >= 0.3 is 6.18 Å². The van der Waals surface area contributed by atoms with Gasteiger partial charge in [-0.2, -0.15) is 13.2 Å². The number of aromatic nitrogens is 2. The molecule has 2 aromatic carbocycles. The zero-order valence-electron chi connectivity index (χ0n) is 12.0. The molecular weight excluding hydrogens is 390 g/mol. The zero-order chi connectivity index (χ0) is 17.3. The van der Waals surface area contributed by atoms with Crippen LogP contribution in [0.3, 0.4) is 0 Å². The Kier molecular flexibility index (Phi) is 4.40. The molecule has 0 unspecified atom stereocenters. The number of rotatable bonds is 3. The molecule has 0 spiro atoms. The highest BCUT2D eigenvalue weighted by Crippen LogP contribution is 2.31. The molecule has 3 nitrogen and oxygen atoms in total. The van der Waals surface area contributed by atoms with Crippen LogP contribution < -0.4 is 5.32 Å². The Hall–Kier alpha value is -2.22. The lowest BCUT2D eigenvalue weighted by molar-refractivity contribution is -0.144. The van der Waals surface area contributed by atoms with Crippen molar-refractivity contribution in [2.45, 2.75) is 12.7 Å². The second-order valence-corrected chi connectivity index (χ2v) is 5.92. The summed E-state index contributed by atoms with van der Waals surface area (Å²) >= 11 is 3.27. The van der Waals surface area contributed by atoms with Crippen molar-refractivity contribution in [3.05, 3.63) is 64.1 Å². The molecule has 1 aromatic heterocycles. The van der Waals surface area contributed by atoms with Gasteiger partial charge in [-0.3, -0.25) is 0 Å². The molecule has 0 aliphatic carbocycles. The van der Waals surface area contributed by atoms with E-state index in [1.165, 1.54) is 18.2 Å². The lowest BCUT2D eigenvalue weighted by atomic mass is 10.2. The van der Waals surface area contributed by atoms with Crippen LogP contribution >= 0.6 is 15.9 Å². The number of halogens is 5. The van der Waals surface area contributed by atoms with Crippen molar-refractivity contribution in [3.63, 3.8) is 0 Å². The molecule has 3 aromatic rings. The SMILES string of the molecule is Fc1ccccc1CNc1nc(C(F)(F)F)nc2ccc(Br)cc12. The molecule has 124 valence electrons. The van der Waals surface area contributed by atoms with Crippen molar-refractivity contribution in [1.82, 2.24) is 9.97 Å². The summed E-state index contributed by atoms with van der Waals surface area (Å²) in [4.78, 5) is 7.12. The number of fused-ring (bicyclic) bond motifs is 1. The van der Waals surface area contributed by atoms with Gasteiger partial charge in [-0.1, -0.05) is 34.1 Å². The molecule has 0 saturated carbocycles. The first-order valence-electron chi connectivity index (χ1n) is 6.86. The van der Waals surface area contributed by atoms with E-state index in [2.05, 4.69) is 31.2 Å². The quantitative estimate of drug-likeness (QED) is 0.617. The van der Waals surface area contributed by atoms with Gasteiger partial charge in [-0.25, -0.2) is 14.4 Å². The Bertz CT molecular complexity index is 896. The standard InChI is InChI=1S/C16H10BrF4N3/c17-10-5-6-13-11(7-10)14(24-15(23-13)16(19,20)21)22-8-9-3-1-2-4-12(9)18/h1-7H,8H2,(H,22,23,24). The third-order valence-corrected chi connectivity index (χ3v) is 3.81. The molecule has 0 amide bonds. The first-order chi connectivity index (χ1) is 11.3. The first kappa shape index (κ1) is 16.6. The van der Waals surface area contributed by atoms with Crippen LogP contribution in [0.2, 0.25) is 0 Å². The van der Waals surface area contributed by atoms with E-state index in [1.807, 2.05) is 0 Å². The fourth-order valence-corrected chi connectivity index (χ4v) is 2.54. The average Bonchev–Trinajstić information content (AvgIpc) is 2.53. The Morgan fingerprint density at radius 1 is 1.04 bits per heavy atom. The minimum atomic E-state index is -4.67. The van der Waals surface area contributed by atoms with Gasteiger partial charge in [0, 0.05) is 22.0 Å². The lowest BCUT2D eigenvalue weighted by Gasteiger charge is -2.13. The monoisotopic (exact) mass is 399 g/mol. The van der Waals surface area contributed by atoms with Crippen LogP contribution in [-0.2, 0) is 12.7 Å². The van der Waals surface area contributed by atoms with E-state index in [0.29, 0.717) is 15.4 Å². The van der Waals surface area contributed by atoms with Crippen LogP contribution in [0.25, 0.3) is 10.9 Å². The number of nitrogens with one attached hydrogen (secondary N) is 1. The van der Waals surface area contributed by atoms with Crippen LogP contribution in [-0.4, -0.2) is 9.97 Å². The summed E-state index contributed by atoms with van der Waals surface area (Å²) in [6, 6.07) is 10.7. The third-order valence-electron chi connectivity index (χ3n) is 3.32. The number of hydrogen-bond acceptors (Lipinski definition) is 3. The van der Waals surface area contributed by atoms with Gasteiger partial charge in [0.1, 0.15) is 11.6 Å². The number of anilines is 1. The molecule has 0 bridgehead atoms. The maximum Gasteiger partial charge on any atom is 0.451 e. The van der Waals surface area contributed by atoms with Crippen LogP contribution in [0.1, 0.15) is 11.4 Å². The molecule has 1 heterocycles. The molecule has 0 aliphatic heterocycles. The summed E-state index contributed by atoms with van der Waals surface area (Å²) < 4.78 is 53.3. The van der Waals surface area contributed by atoms with E-state index < -0.39 is 17.8 Å². The van der Waals surface area contributed by atoms with Gasteiger partial charge < -0.3 is 5.32 Å². The maximum atomic E-state index is 13.7. The summed E-state index contributed by atoms with van der Waals surface area (Å²) in [7, 11) is 0. The molecule has 0 fully saturated rings. The van der Waals surface area contributed by atoms with Crippen LogP contribution in [0.5, 0.6) is 0 Å². The van der Waals surface area contributed by atoms with Crippen LogP contribution in [0, 0.1) is 5.82 Å². The van der Waals surface area contributed by atoms with E-state index in [1.54, 1.807) is 24.3 Å².